The number of aromatic carboxylic acids is 1. The fourth-order valence-corrected chi connectivity index (χ4v) is 6.39. The molecule has 2 heterocycles. The van der Waals surface area contributed by atoms with Gasteiger partial charge in [0.25, 0.3) is 5.89 Å². The Morgan fingerprint density at radius 2 is 1.84 bits per heavy atom. The van der Waals surface area contributed by atoms with Gasteiger partial charge in [-0.15, -0.1) is 21.5 Å². The Morgan fingerprint density at radius 3 is 2.38 bits per heavy atom. The van der Waals surface area contributed by atoms with E-state index in [9.17, 15) is 31.5 Å². The van der Waals surface area contributed by atoms with Gasteiger partial charge < -0.3 is 9.52 Å². The molecule has 0 bridgehead atoms. The van der Waals surface area contributed by atoms with Gasteiger partial charge in [0.15, 0.2) is 10.7 Å². The van der Waals surface area contributed by atoms with Gasteiger partial charge in [0.2, 0.25) is 15.9 Å². The van der Waals surface area contributed by atoms with Crippen LogP contribution in [0.4, 0.5) is 13.2 Å². The van der Waals surface area contributed by atoms with E-state index < -0.39 is 50.2 Å². The van der Waals surface area contributed by atoms with E-state index >= 15 is 0 Å². The average molecular weight is 601 g/mol. The molecule has 0 aliphatic carbocycles. The molecule has 0 aliphatic rings. The zero-order chi connectivity index (χ0) is 27.9. The van der Waals surface area contributed by atoms with Crippen molar-refractivity contribution in [1.29, 1.82) is 0 Å². The summed E-state index contributed by atoms with van der Waals surface area (Å²) in [7, 11) is -4.73. The molecule has 0 unspecified atom stereocenters. The van der Waals surface area contributed by atoms with Crippen molar-refractivity contribution in [2.75, 3.05) is 0 Å². The molecule has 3 rings (SSSR count). The highest BCUT2D eigenvalue weighted by Crippen LogP contribution is 2.43. The van der Waals surface area contributed by atoms with Crippen LogP contribution in [0.2, 0.25) is 10.0 Å². The lowest BCUT2D eigenvalue weighted by Crippen LogP contribution is -2.44. The molecule has 0 spiro atoms. The number of halogens is 5. The van der Waals surface area contributed by atoms with Crippen molar-refractivity contribution in [3.05, 3.63) is 33.8 Å². The Labute approximate surface area is 224 Å². The average Bonchev–Trinajstić information content (AvgIpc) is 3.39. The van der Waals surface area contributed by atoms with Crippen LogP contribution in [-0.4, -0.2) is 46.9 Å². The number of hydrogen-bond donors (Lipinski definition) is 2. The molecule has 0 saturated heterocycles. The van der Waals surface area contributed by atoms with Gasteiger partial charge in [-0.2, -0.15) is 17.9 Å². The molecule has 37 heavy (non-hydrogen) atoms. The summed E-state index contributed by atoms with van der Waals surface area (Å²) in [6.07, 6.45) is -4.91. The van der Waals surface area contributed by atoms with E-state index in [0.717, 1.165) is 23.5 Å². The Morgan fingerprint density at radius 1 is 1.19 bits per heavy atom. The van der Waals surface area contributed by atoms with Crippen molar-refractivity contribution < 1.29 is 35.9 Å². The zero-order valence-corrected chi connectivity index (χ0v) is 22.9. The monoisotopic (exact) mass is 600 g/mol. The summed E-state index contributed by atoms with van der Waals surface area (Å²) in [6, 6.07) is -0.263. The van der Waals surface area contributed by atoms with Gasteiger partial charge in [-0.3, -0.25) is 0 Å². The Balaban J connectivity index is 2.05. The minimum atomic E-state index is -4.82. The fourth-order valence-electron chi connectivity index (χ4n) is 3.15. The Bertz CT molecular complexity index is 1430. The molecule has 0 aliphatic heterocycles. The van der Waals surface area contributed by atoms with Crippen molar-refractivity contribution in [3.63, 3.8) is 0 Å². The number of nitrogens with zero attached hydrogens (tertiary/aromatic N) is 3. The first-order valence-electron chi connectivity index (χ1n) is 10.6. The summed E-state index contributed by atoms with van der Waals surface area (Å²) in [4.78, 5) is 15.2. The van der Waals surface area contributed by atoms with Crippen molar-refractivity contribution in [2.24, 2.45) is 5.41 Å². The van der Waals surface area contributed by atoms with Crippen molar-refractivity contribution in [1.82, 2.24) is 19.9 Å². The maximum Gasteiger partial charge on any atom is 0.404 e. The fraction of sp³-hybridized carbons (Fsp3) is 0.429. The van der Waals surface area contributed by atoms with E-state index in [1.807, 2.05) is 20.8 Å². The lowest BCUT2D eigenvalue weighted by Gasteiger charge is -2.20. The smallest absolute Gasteiger partial charge is 0.404 e. The van der Waals surface area contributed by atoms with Gasteiger partial charge in [0.05, 0.1) is 14.9 Å². The molecule has 0 fully saturated rings. The largest absolute Gasteiger partial charge is 0.476 e. The number of sulfonamides is 1. The predicted octanol–water partition coefficient (Wildman–Crippen LogP) is 6.07. The summed E-state index contributed by atoms with van der Waals surface area (Å²) >= 11 is 13.3. The third kappa shape index (κ3) is 6.60. The third-order valence-corrected chi connectivity index (χ3v) is 8.43. The molecule has 9 nitrogen and oxygen atoms in total. The first-order chi connectivity index (χ1) is 16.9. The van der Waals surface area contributed by atoms with E-state index in [-0.39, 0.29) is 31.8 Å². The zero-order valence-electron chi connectivity index (χ0n) is 19.8. The molecular formula is C21H21Cl2F3N4O5S2. The molecule has 3 aromatic rings. The minimum absolute atomic E-state index is 0.00334. The van der Waals surface area contributed by atoms with Gasteiger partial charge in [-0.05, 0) is 17.9 Å². The van der Waals surface area contributed by atoms with E-state index in [2.05, 4.69) is 15.2 Å². The molecule has 1 atom stereocenters. The number of alkyl halides is 3. The van der Waals surface area contributed by atoms with Crippen LogP contribution in [0.5, 0.6) is 0 Å². The molecular weight excluding hydrogens is 580 g/mol. The summed E-state index contributed by atoms with van der Waals surface area (Å²) in [6.45, 7) is 7.08. The lowest BCUT2D eigenvalue weighted by molar-refractivity contribution is -0.151. The summed E-state index contributed by atoms with van der Waals surface area (Å²) < 4.78 is 71.8. The number of nitrogens with one attached hydrogen (secondary N) is 1. The summed E-state index contributed by atoms with van der Waals surface area (Å²) in [5.41, 5.74) is -0.586. The van der Waals surface area contributed by atoms with Gasteiger partial charge in [-0.1, -0.05) is 57.0 Å². The molecule has 202 valence electrons. The summed E-state index contributed by atoms with van der Waals surface area (Å²) in [5.74, 6) is -1.13. The quantitative estimate of drug-likeness (QED) is 0.318. The highest BCUT2D eigenvalue weighted by Gasteiger charge is 2.41. The number of rotatable bonds is 8. The third-order valence-electron chi connectivity index (χ3n) is 4.84. The standard InChI is InChI=1S/C21H21Cl2F3N4O5S2/c1-5-11(21(24,25)26)30-37(33,34)10-7-6-9(13(22)14(10)23)16-15(19(31)32)27-18(36-16)17-29-28-12(35-17)8-20(2,3)4/h6-7,11,30H,5,8H2,1-4H3,(H,31,32)/t11-/m0/s1. The highest BCUT2D eigenvalue weighted by molar-refractivity contribution is 7.89. The van der Waals surface area contributed by atoms with E-state index in [1.54, 1.807) is 4.72 Å². The second-order valence-electron chi connectivity index (χ2n) is 9.10. The second kappa shape index (κ2) is 10.5. The van der Waals surface area contributed by atoms with Gasteiger partial charge in [-0.25, -0.2) is 18.2 Å². The second-order valence-corrected chi connectivity index (χ2v) is 12.5. The number of hydrogen-bond acceptors (Lipinski definition) is 8. The molecule has 0 amide bonds. The van der Waals surface area contributed by atoms with Crippen LogP contribution in [0.15, 0.2) is 21.4 Å². The van der Waals surface area contributed by atoms with Crippen molar-refractivity contribution in [2.45, 2.75) is 57.7 Å². The van der Waals surface area contributed by atoms with Crippen molar-refractivity contribution >= 4 is 50.5 Å². The highest BCUT2D eigenvalue weighted by atomic mass is 35.5. The first kappa shape index (κ1) is 29.3. The number of benzene rings is 1. The summed E-state index contributed by atoms with van der Waals surface area (Å²) in [5, 5.41) is 16.7. The SMILES string of the molecule is CC[C@H](NS(=O)(=O)c1ccc(-c2sc(-c3nnc(CC(C)(C)C)o3)nc2C(=O)O)c(Cl)c1Cl)C(F)(F)F. The number of aromatic nitrogens is 3. The normalized spacial score (nSPS) is 13.6. The van der Waals surface area contributed by atoms with Crippen LogP contribution < -0.4 is 4.72 Å². The van der Waals surface area contributed by atoms with Crippen molar-refractivity contribution in [3.8, 4) is 21.3 Å². The molecule has 1 aromatic carbocycles. The maximum atomic E-state index is 13.1. The predicted molar refractivity (Wildman–Crippen MR) is 131 cm³/mol. The molecule has 0 radical (unpaired) electrons. The topological polar surface area (TPSA) is 135 Å². The molecule has 16 heteroatoms. The van der Waals surface area contributed by atoms with Gasteiger partial charge >= 0.3 is 12.1 Å². The minimum Gasteiger partial charge on any atom is -0.476 e. The molecule has 2 aromatic heterocycles. The molecule has 2 N–H and O–H groups in total. The van der Waals surface area contributed by atoms with E-state index in [0.29, 0.717) is 12.3 Å². The molecule has 0 saturated carbocycles. The van der Waals surface area contributed by atoms with Crippen LogP contribution in [0, 0.1) is 5.41 Å². The van der Waals surface area contributed by atoms with Crippen LogP contribution in [0.25, 0.3) is 21.3 Å². The van der Waals surface area contributed by atoms with E-state index in [1.165, 1.54) is 6.92 Å². The Kier molecular flexibility index (Phi) is 8.30. The van der Waals surface area contributed by atoms with Crippen LogP contribution >= 0.6 is 34.5 Å². The van der Waals surface area contributed by atoms with Gasteiger partial charge in [0.1, 0.15) is 10.9 Å². The van der Waals surface area contributed by atoms with Gasteiger partial charge in [0, 0.05) is 12.0 Å². The van der Waals surface area contributed by atoms with Crippen LogP contribution in [-0.2, 0) is 16.4 Å². The maximum absolute atomic E-state index is 13.1. The number of carboxylic acid groups (broad SMARTS) is 1. The number of carboxylic acids is 1. The number of thiazole rings is 1. The van der Waals surface area contributed by atoms with E-state index in [4.69, 9.17) is 27.6 Å². The van der Waals surface area contributed by atoms with Crippen LogP contribution in [0.1, 0.15) is 50.5 Å². The van der Waals surface area contributed by atoms with Crippen LogP contribution in [0.3, 0.4) is 0 Å². The first-order valence-corrected chi connectivity index (χ1v) is 13.6. The Hall–Kier alpha value is -2.26. The number of carbonyl (C=O) groups is 1. The lowest BCUT2D eigenvalue weighted by atomic mass is 9.92.